The molecule has 0 spiro atoms. The third-order valence-electron chi connectivity index (χ3n) is 3.23. The smallest absolute Gasteiger partial charge is 0.404 e. The first-order valence-corrected chi connectivity index (χ1v) is 10.1. The van der Waals surface area contributed by atoms with Gasteiger partial charge in [0.2, 0.25) is 0 Å². The van der Waals surface area contributed by atoms with E-state index in [2.05, 4.69) is 48.5 Å². The van der Waals surface area contributed by atoms with Gasteiger partial charge in [0.05, 0.1) is 5.60 Å². The molecule has 1 unspecified atom stereocenters. The van der Waals surface area contributed by atoms with Crippen molar-refractivity contribution in [2.24, 2.45) is 0 Å². The van der Waals surface area contributed by atoms with Crippen LogP contribution in [0.5, 0.6) is 5.75 Å². The Morgan fingerprint density at radius 3 is 1.44 bits per heavy atom. The molecule has 1 N–H and O–H groups in total. The highest BCUT2D eigenvalue weighted by molar-refractivity contribution is 7.47. The topological polar surface area (TPSA) is 55.8 Å². The van der Waals surface area contributed by atoms with E-state index in [0.29, 0.717) is 5.75 Å². The second kappa shape index (κ2) is 9.52. The molecule has 1 atom stereocenters. The fourth-order valence-electron chi connectivity index (χ4n) is 2.24. The lowest BCUT2D eigenvalue weighted by Crippen LogP contribution is -2.18. The SMILES string of the molecule is CC(C)(C)OP(=O)(O)Oc1ccccc1.c1ccc(-c2ccccc2)cc1. The van der Waals surface area contributed by atoms with Crippen molar-refractivity contribution >= 4 is 7.82 Å². The molecule has 0 amide bonds. The Morgan fingerprint density at radius 1 is 0.704 bits per heavy atom. The molecule has 142 valence electrons. The predicted octanol–water partition coefficient (Wildman–Crippen LogP) is 6.33. The lowest BCUT2D eigenvalue weighted by atomic mass is 10.1. The van der Waals surface area contributed by atoms with Crippen LogP contribution in [0, 0.1) is 0 Å². The van der Waals surface area contributed by atoms with E-state index in [1.165, 1.54) is 11.1 Å². The standard InChI is InChI=1S/C12H10.C10H15O4P/c1-3-7-11(8-4-1)12-9-5-2-6-10-12;1-10(2,3)14-15(11,12)13-9-7-5-4-6-8-9/h1-10H;4-8H,1-3H3,(H,11,12). The van der Waals surface area contributed by atoms with Gasteiger partial charge in [-0.15, -0.1) is 0 Å². The maximum Gasteiger partial charge on any atom is 0.527 e. The highest BCUT2D eigenvalue weighted by Gasteiger charge is 2.30. The number of para-hydroxylation sites is 1. The van der Waals surface area contributed by atoms with Crippen molar-refractivity contribution < 1.29 is 18.5 Å². The Morgan fingerprint density at radius 2 is 1.07 bits per heavy atom. The van der Waals surface area contributed by atoms with Crippen molar-refractivity contribution in [2.75, 3.05) is 0 Å². The minimum Gasteiger partial charge on any atom is -0.404 e. The summed E-state index contributed by atoms with van der Waals surface area (Å²) in [5.41, 5.74) is 1.83. The number of phosphoric ester groups is 1. The molecule has 0 saturated heterocycles. The van der Waals surface area contributed by atoms with Crippen LogP contribution in [-0.2, 0) is 9.09 Å². The van der Waals surface area contributed by atoms with E-state index < -0.39 is 13.4 Å². The van der Waals surface area contributed by atoms with E-state index in [-0.39, 0.29) is 0 Å². The van der Waals surface area contributed by atoms with Gasteiger partial charge in [0.1, 0.15) is 5.75 Å². The van der Waals surface area contributed by atoms with E-state index in [4.69, 9.17) is 9.05 Å². The van der Waals surface area contributed by atoms with Gasteiger partial charge in [-0.2, -0.15) is 0 Å². The highest BCUT2D eigenvalue weighted by Crippen LogP contribution is 2.47. The van der Waals surface area contributed by atoms with Gasteiger partial charge in [-0.1, -0.05) is 78.9 Å². The predicted molar refractivity (Wildman–Crippen MR) is 110 cm³/mol. The molecule has 0 aliphatic rings. The normalized spacial score (nSPS) is 13.0. The van der Waals surface area contributed by atoms with Crippen molar-refractivity contribution in [3.63, 3.8) is 0 Å². The zero-order valence-electron chi connectivity index (χ0n) is 15.8. The molecule has 3 rings (SSSR count). The number of hydrogen-bond acceptors (Lipinski definition) is 3. The van der Waals surface area contributed by atoms with E-state index in [0.717, 1.165) is 0 Å². The quantitative estimate of drug-likeness (QED) is 0.534. The summed E-state index contributed by atoms with van der Waals surface area (Å²) in [6.45, 7) is 5.05. The average Bonchev–Trinajstić information content (AvgIpc) is 2.62. The molecule has 0 aliphatic heterocycles. The Hall–Kier alpha value is -2.39. The Labute approximate surface area is 161 Å². The zero-order chi connectivity index (χ0) is 19.8. The molecular weight excluding hydrogens is 359 g/mol. The Kier molecular flexibility index (Phi) is 7.37. The summed E-state index contributed by atoms with van der Waals surface area (Å²) in [5.74, 6) is 0.313. The van der Waals surface area contributed by atoms with E-state index in [9.17, 15) is 9.46 Å². The minimum absolute atomic E-state index is 0.313. The van der Waals surface area contributed by atoms with Crippen LogP contribution in [0.1, 0.15) is 20.8 Å². The lowest BCUT2D eigenvalue weighted by molar-refractivity contribution is 0.0847. The molecule has 0 aliphatic carbocycles. The zero-order valence-corrected chi connectivity index (χ0v) is 16.7. The van der Waals surface area contributed by atoms with Gasteiger partial charge in [-0.05, 0) is 44.0 Å². The van der Waals surface area contributed by atoms with Crippen LogP contribution >= 0.6 is 7.82 Å². The molecule has 5 heteroatoms. The van der Waals surface area contributed by atoms with Gasteiger partial charge in [0, 0.05) is 0 Å². The van der Waals surface area contributed by atoms with Crippen molar-refractivity contribution in [3.8, 4) is 16.9 Å². The van der Waals surface area contributed by atoms with Crippen LogP contribution in [0.25, 0.3) is 11.1 Å². The monoisotopic (exact) mass is 384 g/mol. The maximum atomic E-state index is 11.5. The second-order valence-electron chi connectivity index (χ2n) is 6.81. The summed E-state index contributed by atoms with van der Waals surface area (Å²) in [4.78, 5) is 9.41. The molecule has 0 radical (unpaired) electrons. The number of benzene rings is 3. The summed E-state index contributed by atoms with van der Waals surface area (Å²) in [5, 5.41) is 0. The Balaban J connectivity index is 0.000000198. The molecule has 4 nitrogen and oxygen atoms in total. The fourth-order valence-corrected chi connectivity index (χ4v) is 3.36. The van der Waals surface area contributed by atoms with Gasteiger partial charge >= 0.3 is 7.82 Å². The van der Waals surface area contributed by atoms with Crippen LogP contribution in [0.15, 0.2) is 91.0 Å². The fraction of sp³-hybridized carbons (Fsp3) is 0.182. The van der Waals surface area contributed by atoms with Crippen molar-refractivity contribution in [2.45, 2.75) is 26.4 Å². The van der Waals surface area contributed by atoms with Gasteiger partial charge in [0.25, 0.3) is 0 Å². The van der Waals surface area contributed by atoms with Gasteiger partial charge < -0.3 is 4.52 Å². The first-order chi connectivity index (χ1) is 12.8. The first-order valence-electron chi connectivity index (χ1n) is 8.64. The summed E-state index contributed by atoms with van der Waals surface area (Å²) in [6, 6.07) is 29.2. The first kappa shape index (κ1) is 20.9. The lowest BCUT2D eigenvalue weighted by Gasteiger charge is -2.22. The molecule has 0 saturated carbocycles. The summed E-state index contributed by atoms with van der Waals surface area (Å²) < 4.78 is 21.3. The van der Waals surface area contributed by atoms with E-state index in [1.54, 1.807) is 51.1 Å². The summed E-state index contributed by atoms with van der Waals surface area (Å²) >= 11 is 0. The molecular formula is C22H25O4P. The van der Waals surface area contributed by atoms with Crippen LogP contribution in [-0.4, -0.2) is 10.5 Å². The molecule has 0 aromatic heterocycles. The molecule has 0 heterocycles. The summed E-state index contributed by atoms with van der Waals surface area (Å²) in [7, 11) is -4.04. The largest absolute Gasteiger partial charge is 0.527 e. The van der Waals surface area contributed by atoms with Crippen LogP contribution < -0.4 is 4.52 Å². The maximum absolute atomic E-state index is 11.5. The third-order valence-corrected chi connectivity index (χ3v) is 4.45. The van der Waals surface area contributed by atoms with Crippen molar-refractivity contribution in [3.05, 3.63) is 91.0 Å². The molecule has 3 aromatic rings. The second-order valence-corrected chi connectivity index (χ2v) is 8.11. The highest BCUT2D eigenvalue weighted by atomic mass is 31.2. The van der Waals surface area contributed by atoms with Gasteiger partial charge in [0.15, 0.2) is 0 Å². The molecule has 0 bridgehead atoms. The van der Waals surface area contributed by atoms with Gasteiger partial charge in [-0.25, -0.2) is 4.57 Å². The van der Waals surface area contributed by atoms with Crippen LogP contribution in [0.3, 0.4) is 0 Å². The van der Waals surface area contributed by atoms with Gasteiger partial charge in [-0.3, -0.25) is 9.42 Å². The molecule has 0 fully saturated rings. The molecule has 3 aromatic carbocycles. The van der Waals surface area contributed by atoms with Crippen LogP contribution in [0.2, 0.25) is 0 Å². The van der Waals surface area contributed by atoms with E-state index >= 15 is 0 Å². The molecule has 27 heavy (non-hydrogen) atoms. The number of hydrogen-bond donors (Lipinski definition) is 1. The number of phosphoric acid groups is 1. The Bertz CT molecular complexity index is 806. The van der Waals surface area contributed by atoms with Crippen LogP contribution in [0.4, 0.5) is 0 Å². The van der Waals surface area contributed by atoms with Crippen molar-refractivity contribution in [1.29, 1.82) is 0 Å². The van der Waals surface area contributed by atoms with E-state index in [1.807, 2.05) is 12.1 Å². The third kappa shape index (κ3) is 8.23. The average molecular weight is 384 g/mol. The minimum atomic E-state index is -4.04. The van der Waals surface area contributed by atoms with Crippen molar-refractivity contribution in [1.82, 2.24) is 0 Å². The number of rotatable bonds is 4. The summed E-state index contributed by atoms with van der Waals surface area (Å²) in [6.07, 6.45) is 0.